The van der Waals surface area contributed by atoms with Crippen molar-refractivity contribution in [3.8, 4) is 0 Å². The van der Waals surface area contributed by atoms with Crippen molar-refractivity contribution >= 4 is 28.6 Å². The van der Waals surface area contributed by atoms with E-state index in [0.29, 0.717) is 12.0 Å². The molecule has 2 N–H and O–H groups in total. The number of nitrogens with two attached hydrogens (primary N) is 1. The van der Waals surface area contributed by atoms with E-state index >= 15 is 0 Å². The van der Waals surface area contributed by atoms with Crippen molar-refractivity contribution in [3.63, 3.8) is 0 Å². The van der Waals surface area contributed by atoms with Crippen LogP contribution in [-0.4, -0.2) is 19.7 Å². The molecule has 0 atom stereocenters. The third-order valence-electron chi connectivity index (χ3n) is 3.62. The van der Waals surface area contributed by atoms with Crippen LogP contribution in [0.15, 0.2) is 41.7 Å². The number of anilines is 1. The minimum Gasteiger partial charge on any atom is -0.368 e. The summed E-state index contributed by atoms with van der Waals surface area (Å²) in [6, 6.07) is 10.8. The first kappa shape index (κ1) is 12.6. The van der Waals surface area contributed by atoms with Crippen LogP contribution in [-0.2, 0) is 5.75 Å². The van der Waals surface area contributed by atoms with Crippen molar-refractivity contribution in [2.75, 3.05) is 5.73 Å². The lowest BCUT2D eigenvalue weighted by molar-refractivity contribution is 0.671. The van der Waals surface area contributed by atoms with Gasteiger partial charge >= 0.3 is 0 Å². The molecule has 0 spiro atoms. The maximum absolute atomic E-state index is 5.89. The Hall–Kier alpha value is -2.08. The normalized spacial score (nSPS) is 14.7. The number of benzene rings is 1. The zero-order chi connectivity index (χ0) is 14.2. The summed E-state index contributed by atoms with van der Waals surface area (Å²) >= 11 is 1.67. The van der Waals surface area contributed by atoms with Crippen LogP contribution in [0.2, 0.25) is 0 Å². The van der Waals surface area contributed by atoms with Crippen LogP contribution in [0.1, 0.15) is 24.4 Å². The molecular formula is C15H15N5S. The molecule has 0 saturated heterocycles. The van der Waals surface area contributed by atoms with Gasteiger partial charge in [-0.15, -0.1) is 10.2 Å². The number of hydrogen-bond acceptors (Lipinski definition) is 5. The molecule has 1 saturated carbocycles. The highest BCUT2D eigenvalue weighted by molar-refractivity contribution is 7.98. The molecule has 21 heavy (non-hydrogen) atoms. The summed E-state index contributed by atoms with van der Waals surface area (Å²) < 4.78 is 2.05. The molecule has 6 heteroatoms. The number of hydrogen-bond donors (Lipinski definition) is 1. The summed E-state index contributed by atoms with van der Waals surface area (Å²) in [4.78, 5) is 4.49. The van der Waals surface area contributed by atoms with E-state index in [1.165, 1.54) is 23.8 Å². The molecule has 0 radical (unpaired) electrons. The van der Waals surface area contributed by atoms with Crippen LogP contribution in [0.3, 0.4) is 0 Å². The highest BCUT2D eigenvalue weighted by atomic mass is 32.2. The molecule has 0 aliphatic heterocycles. The van der Waals surface area contributed by atoms with E-state index in [1.54, 1.807) is 11.8 Å². The van der Waals surface area contributed by atoms with E-state index in [2.05, 4.69) is 31.9 Å². The maximum atomic E-state index is 5.89. The molecule has 1 aliphatic carbocycles. The van der Waals surface area contributed by atoms with Gasteiger partial charge in [-0.3, -0.25) is 9.55 Å². The molecular weight excluding hydrogens is 282 g/mol. The number of para-hydroxylation sites is 1. The summed E-state index contributed by atoms with van der Waals surface area (Å²) in [5.74, 6) is 1.35. The summed E-state index contributed by atoms with van der Waals surface area (Å²) in [5.41, 5.74) is 8.10. The van der Waals surface area contributed by atoms with Gasteiger partial charge in [0.25, 0.3) is 0 Å². The summed E-state index contributed by atoms with van der Waals surface area (Å²) in [5, 5.41) is 10.3. The molecule has 1 aromatic carbocycles. The standard InChI is InChI=1S/C15H15N5S/c16-14-18-19-15(20(14)12-5-6-12)21-9-10-7-11-3-1-2-4-13(11)17-8-10/h1-4,7-8,12H,5-6,9H2,(H2,16,18). The first-order valence-electron chi connectivity index (χ1n) is 6.98. The van der Waals surface area contributed by atoms with E-state index < -0.39 is 0 Å². The second-order valence-corrected chi connectivity index (χ2v) is 6.21. The number of fused-ring (bicyclic) bond motifs is 1. The fraction of sp³-hybridized carbons (Fsp3) is 0.267. The van der Waals surface area contributed by atoms with Crippen LogP contribution in [0.4, 0.5) is 5.95 Å². The van der Waals surface area contributed by atoms with Gasteiger partial charge in [0.15, 0.2) is 5.16 Å². The van der Waals surface area contributed by atoms with Gasteiger partial charge in [0, 0.05) is 23.4 Å². The lowest BCUT2D eigenvalue weighted by Crippen LogP contribution is -2.02. The fourth-order valence-electron chi connectivity index (χ4n) is 2.41. The van der Waals surface area contributed by atoms with Gasteiger partial charge in [0.1, 0.15) is 0 Å². The monoisotopic (exact) mass is 297 g/mol. The lowest BCUT2D eigenvalue weighted by atomic mass is 10.2. The van der Waals surface area contributed by atoms with Crippen LogP contribution < -0.4 is 5.73 Å². The van der Waals surface area contributed by atoms with E-state index in [-0.39, 0.29) is 0 Å². The largest absolute Gasteiger partial charge is 0.368 e. The Morgan fingerprint density at radius 3 is 2.95 bits per heavy atom. The number of pyridine rings is 1. The fourth-order valence-corrected chi connectivity index (χ4v) is 3.34. The van der Waals surface area contributed by atoms with Gasteiger partial charge in [-0.25, -0.2) is 0 Å². The zero-order valence-electron chi connectivity index (χ0n) is 11.4. The third-order valence-corrected chi connectivity index (χ3v) is 4.63. The van der Waals surface area contributed by atoms with Gasteiger partial charge in [0.05, 0.1) is 5.52 Å². The third kappa shape index (κ3) is 2.47. The number of nitrogen functional groups attached to an aromatic ring is 1. The smallest absolute Gasteiger partial charge is 0.222 e. The Kier molecular flexibility index (Phi) is 3.03. The number of thioether (sulfide) groups is 1. The van der Waals surface area contributed by atoms with Gasteiger partial charge in [0.2, 0.25) is 5.95 Å². The van der Waals surface area contributed by atoms with Crippen molar-refractivity contribution in [1.82, 2.24) is 19.7 Å². The van der Waals surface area contributed by atoms with Crippen molar-refractivity contribution < 1.29 is 0 Å². The van der Waals surface area contributed by atoms with Crippen molar-refractivity contribution in [2.24, 2.45) is 0 Å². The first-order chi connectivity index (χ1) is 10.3. The molecule has 1 aliphatic rings. The molecule has 4 rings (SSSR count). The Morgan fingerprint density at radius 2 is 2.10 bits per heavy atom. The van der Waals surface area contributed by atoms with E-state index in [0.717, 1.165) is 16.4 Å². The Morgan fingerprint density at radius 1 is 1.24 bits per heavy atom. The average molecular weight is 297 g/mol. The number of aromatic nitrogens is 4. The van der Waals surface area contributed by atoms with Crippen molar-refractivity contribution in [3.05, 3.63) is 42.1 Å². The van der Waals surface area contributed by atoms with Crippen LogP contribution in [0, 0.1) is 0 Å². The SMILES string of the molecule is Nc1nnc(SCc2cnc3ccccc3c2)n1C1CC1. The number of nitrogens with zero attached hydrogens (tertiary/aromatic N) is 4. The topological polar surface area (TPSA) is 69.6 Å². The quantitative estimate of drug-likeness (QED) is 0.750. The molecule has 0 amide bonds. The van der Waals surface area contributed by atoms with Crippen molar-refractivity contribution in [1.29, 1.82) is 0 Å². The van der Waals surface area contributed by atoms with Crippen LogP contribution in [0.25, 0.3) is 10.9 Å². The molecule has 0 unspecified atom stereocenters. The highest BCUT2D eigenvalue weighted by Gasteiger charge is 2.28. The summed E-state index contributed by atoms with van der Waals surface area (Å²) in [7, 11) is 0. The van der Waals surface area contributed by atoms with Crippen LogP contribution in [0.5, 0.6) is 0 Å². The molecule has 2 aromatic heterocycles. The predicted octanol–water partition coefficient (Wildman–Crippen LogP) is 3.04. The minimum atomic E-state index is 0.497. The second-order valence-electron chi connectivity index (χ2n) is 5.27. The lowest BCUT2D eigenvalue weighted by Gasteiger charge is -2.06. The Balaban J connectivity index is 1.55. The molecule has 106 valence electrons. The van der Waals surface area contributed by atoms with E-state index in [4.69, 9.17) is 5.73 Å². The molecule has 1 fully saturated rings. The van der Waals surface area contributed by atoms with Crippen molar-refractivity contribution in [2.45, 2.75) is 29.8 Å². The minimum absolute atomic E-state index is 0.497. The first-order valence-corrected chi connectivity index (χ1v) is 7.96. The van der Waals surface area contributed by atoms with Gasteiger partial charge < -0.3 is 5.73 Å². The Bertz CT molecular complexity index is 794. The molecule has 5 nitrogen and oxygen atoms in total. The van der Waals surface area contributed by atoms with Gasteiger partial charge in [-0.05, 0) is 30.5 Å². The second kappa shape index (κ2) is 5.04. The molecule has 2 heterocycles. The van der Waals surface area contributed by atoms with Gasteiger partial charge in [-0.1, -0.05) is 30.0 Å². The van der Waals surface area contributed by atoms with E-state index in [1.807, 2.05) is 24.4 Å². The van der Waals surface area contributed by atoms with Crippen LogP contribution >= 0.6 is 11.8 Å². The summed E-state index contributed by atoms with van der Waals surface area (Å²) in [6.45, 7) is 0. The zero-order valence-corrected chi connectivity index (χ0v) is 12.3. The highest BCUT2D eigenvalue weighted by Crippen LogP contribution is 2.39. The maximum Gasteiger partial charge on any atom is 0.222 e. The van der Waals surface area contributed by atoms with E-state index in [9.17, 15) is 0 Å². The predicted molar refractivity (Wildman–Crippen MR) is 84.0 cm³/mol. The summed E-state index contributed by atoms with van der Waals surface area (Å²) in [6.07, 6.45) is 4.27. The van der Waals surface area contributed by atoms with Gasteiger partial charge in [-0.2, -0.15) is 0 Å². The molecule has 3 aromatic rings. The Labute approximate surface area is 126 Å². The molecule has 0 bridgehead atoms. The average Bonchev–Trinajstić information content (AvgIpc) is 3.28. The number of rotatable bonds is 4.